The first-order valence-electron chi connectivity index (χ1n) is 7.25. The van der Waals surface area contributed by atoms with E-state index in [1.165, 1.54) is 19.3 Å². The standard InChI is InChI=1S/C16H22N4/c1-12-15(17-11-16(20(2)3)9-6-10-16)19-14-8-5-4-7-13(14)18-12/h4-5,7-8H,6,9-11H2,1-3H3,(H,17,19). The van der Waals surface area contributed by atoms with Crippen LogP contribution in [0.2, 0.25) is 0 Å². The van der Waals surface area contributed by atoms with Gasteiger partial charge in [-0.05, 0) is 52.4 Å². The summed E-state index contributed by atoms with van der Waals surface area (Å²) in [6.45, 7) is 2.96. The van der Waals surface area contributed by atoms with Crippen molar-refractivity contribution >= 4 is 16.9 Å². The number of aryl methyl sites for hydroxylation is 1. The highest BCUT2D eigenvalue weighted by Crippen LogP contribution is 2.36. The van der Waals surface area contributed by atoms with Crippen molar-refractivity contribution in [3.05, 3.63) is 30.0 Å². The molecule has 0 atom stereocenters. The summed E-state index contributed by atoms with van der Waals surface area (Å²) in [6.07, 6.45) is 3.84. The molecule has 1 aromatic heterocycles. The van der Waals surface area contributed by atoms with E-state index in [0.29, 0.717) is 5.54 Å². The Balaban J connectivity index is 1.82. The van der Waals surface area contributed by atoms with Crippen LogP contribution in [-0.2, 0) is 0 Å². The van der Waals surface area contributed by atoms with E-state index in [1.54, 1.807) is 0 Å². The maximum Gasteiger partial charge on any atom is 0.148 e. The van der Waals surface area contributed by atoms with Crippen molar-refractivity contribution in [1.82, 2.24) is 14.9 Å². The number of nitrogens with one attached hydrogen (secondary N) is 1. The zero-order chi connectivity index (χ0) is 14.2. The van der Waals surface area contributed by atoms with Crippen molar-refractivity contribution in [2.24, 2.45) is 0 Å². The SMILES string of the molecule is Cc1nc2ccccc2nc1NCC1(N(C)C)CCC1. The number of likely N-dealkylation sites (N-methyl/N-ethyl adjacent to an activating group) is 1. The number of nitrogens with zero attached hydrogens (tertiary/aromatic N) is 3. The van der Waals surface area contributed by atoms with Crippen LogP contribution < -0.4 is 5.32 Å². The molecule has 4 heteroatoms. The predicted molar refractivity (Wildman–Crippen MR) is 83.0 cm³/mol. The summed E-state index contributed by atoms with van der Waals surface area (Å²) >= 11 is 0. The van der Waals surface area contributed by atoms with E-state index in [2.05, 4.69) is 29.3 Å². The fraction of sp³-hybridized carbons (Fsp3) is 0.500. The summed E-state index contributed by atoms with van der Waals surface area (Å²) in [5, 5.41) is 3.51. The van der Waals surface area contributed by atoms with Crippen molar-refractivity contribution in [3.8, 4) is 0 Å². The van der Waals surface area contributed by atoms with Crippen molar-refractivity contribution in [1.29, 1.82) is 0 Å². The molecule has 1 fully saturated rings. The molecule has 0 radical (unpaired) electrons. The van der Waals surface area contributed by atoms with Gasteiger partial charge in [0.2, 0.25) is 0 Å². The molecule has 3 rings (SSSR count). The van der Waals surface area contributed by atoms with E-state index in [4.69, 9.17) is 4.98 Å². The van der Waals surface area contributed by atoms with Gasteiger partial charge in [-0.25, -0.2) is 9.97 Å². The molecule has 0 saturated heterocycles. The molecule has 0 bridgehead atoms. The molecule has 1 N–H and O–H groups in total. The summed E-state index contributed by atoms with van der Waals surface area (Å²) in [5.74, 6) is 0.914. The van der Waals surface area contributed by atoms with E-state index in [-0.39, 0.29) is 0 Å². The summed E-state index contributed by atoms with van der Waals surface area (Å²) in [6, 6.07) is 8.02. The van der Waals surface area contributed by atoms with Gasteiger partial charge in [0.25, 0.3) is 0 Å². The van der Waals surface area contributed by atoms with Crippen LogP contribution in [0.4, 0.5) is 5.82 Å². The van der Waals surface area contributed by atoms with Gasteiger partial charge in [0.1, 0.15) is 5.82 Å². The number of benzene rings is 1. The second kappa shape index (κ2) is 5.02. The van der Waals surface area contributed by atoms with Crippen LogP contribution in [0.1, 0.15) is 25.0 Å². The highest BCUT2D eigenvalue weighted by Gasteiger charge is 2.38. The number of fused-ring (bicyclic) bond motifs is 1. The van der Waals surface area contributed by atoms with E-state index in [0.717, 1.165) is 29.1 Å². The summed E-state index contributed by atoms with van der Waals surface area (Å²) in [4.78, 5) is 11.7. The Morgan fingerprint density at radius 3 is 2.35 bits per heavy atom. The zero-order valence-electron chi connectivity index (χ0n) is 12.5. The molecule has 20 heavy (non-hydrogen) atoms. The molecule has 2 aromatic rings. The lowest BCUT2D eigenvalue weighted by Gasteiger charge is -2.47. The highest BCUT2D eigenvalue weighted by atomic mass is 15.2. The normalized spacial score (nSPS) is 17.2. The first kappa shape index (κ1) is 13.3. The van der Waals surface area contributed by atoms with Crippen LogP contribution in [-0.4, -0.2) is 41.0 Å². The van der Waals surface area contributed by atoms with Crippen molar-refractivity contribution in [3.63, 3.8) is 0 Å². The monoisotopic (exact) mass is 270 g/mol. The number of hydrogen-bond donors (Lipinski definition) is 1. The molecule has 106 valence electrons. The molecule has 4 nitrogen and oxygen atoms in total. The third-order valence-electron chi connectivity index (χ3n) is 4.56. The Morgan fingerprint density at radius 1 is 1.15 bits per heavy atom. The number of rotatable bonds is 4. The van der Waals surface area contributed by atoms with E-state index in [1.807, 2.05) is 31.2 Å². The lowest BCUT2D eigenvalue weighted by molar-refractivity contribution is 0.0738. The first-order valence-corrected chi connectivity index (χ1v) is 7.25. The lowest BCUT2D eigenvalue weighted by Crippen LogP contribution is -2.54. The van der Waals surface area contributed by atoms with Crippen molar-refractivity contribution in [2.45, 2.75) is 31.7 Å². The van der Waals surface area contributed by atoms with Gasteiger partial charge in [-0.1, -0.05) is 12.1 Å². The maximum absolute atomic E-state index is 4.70. The summed E-state index contributed by atoms with van der Waals surface area (Å²) < 4.78 is 0. The van der Waals surface area contributed by atoms with Crippen LogP contribution in [0.25, 0.3) is 11.0 Å². The van der Waals surface area contributed by atoms with Gasteiger partial charge in [0.15, 0.2) is 0 Å². The van der Waals surface area contributed by atoms with Crippen molar-refractivity contribution < 1.29 is 0 Å². The fourth-order valence-corrected chi connectivity index (χ4v) is 2.87. The van der Waals surface area contributed by atoms with Crippen LogP contribution in [0.3, 0.4) is 0 Å². The van der Waals surface area contributed by atoms with Gasteiger partial charge in [0, 0.05) is 12.1 Å². The minimum atomic E-state index is 0.291. The number of aromatic nitrogens is 2. The van der Waals surface area contributed by atoms with Crippen molar-refractivity contribution in [2.75, 3.05) is 26.0 Å². The first-order chi connectivity index (χ1) is 9.61. The molecule has 1 heterocycles. The zero-order valence-corrected chi connectivity index (χ0v) is 12.5. The molecule has 0 aliphatic heterocycles. The summed E-state index contributed by atoms with van der Waals surface area (Å²) in [5.41, 5.74) is 3.17. The third kappa shape index (κ3) is 2.24. The molecule has 0 spiro atoms. The second-order valence-electron chi connectivity index (χ2n) is 5.97. The van der Waals surface area contributed by atoms with E-state index < -0.39 is 0 Å². The van der Waals surface area contributed by atoms with Gasteiger partial charge < -0.3 is 10.2 Å². The quantitative estimate of drug-likeness (QED) is 0.927. The third-order valence-corrected chi connectivity index (χ3v) is 4.56. The van der Waals surface area contributed by atoms with E-state index in [9.17, 15) is 0 Å². The smallest absolute Gasteiger partial charge is 0.148 e. The molecular formula is C16H22N4. The number of hydrogen-bond acceptors (Lipinski definition) is 4. The van der Waals surface area contributed by atoms with Crippen LogP contribution in [0.5, 0.6) is 0 Å². The Hall–Kier alpha value is -1.68. The van der Waals surface area contributed by atoms with Crippen LogP contribution >= 0.6 is 0 Å². The Morgan fingerprint density at radius 2 is 1.80 bits per heavy atom. The minimum Gasteiger partial charge on any atom is -0.367 e. The topological polar surface area (TPSA) is 41.1 Å². The molecule has 1 aliphatic rings. The number of anilines is 1. The Bertz CT molecular complexity index is 617. The molecule has 0 amide bonds. The minimum absolute atomic E-state index is 0.291. The van der Waals surface area contributed by atoms with Crippen LogP contribution in [0.15, 0.2) is 24.3 Å². The van der Waals surface area contributed by atoms with Gasteiger partial charge >= 0.3 is 0 Å². The second-order valence-corrected chi connectivity index (χ2v) is 5.97. The van der Waals surface area contributed by atoms with Gasteiger partial charge in [-0.2, -0.15) is 0 Å². The Labute approximate surface area is 120 Å². The average Bonchev–Trinajstić information content (AvgIpc) is 2.37. The average molecular weight is 270 g/mol. The largest absolute Gasteiger partial charge is 0.367 e. The maximum atomic E-state index is 4.70. The van der Waals surface area contributed by atoms with Gasteiger partial charge in [-0.15, -0.1) is 0 Å². The molecule has 0 unspecified atom stereocenters. The molecule has 1 aliphatic carbocycles. The van der Waals surface area contributed by atoms with Gasteiger partial charge in [-0.3, -0.25) is 0 Å². The number of para-hydroxylation sites is 2. The molecule has 1 aromatic carbocycles. The van der Waals surface area contributed by atoms with Crippen LogP contribution in [0, 0.1) is 6.92 Å². The fourth-order valence-electron chi connectivity index (χ4n) is 2.87. The summed E-state index contributed by atoms with van der Waals surface area (Å²) in [7, 11) is 4.33. The predicted octanol–water partition coefficient (Wildman–Crippen LogP) is 2.83. The highest BCUT2D eigenvalue weighted by molar-refractivity contribution is 5.76. The van der Waals surface area contributed by atoms with Gasteiger partial charge in [0.05, 0.1) is 16.7 Å². The Kier molecular flexibility index (Phi) is 3.34. The van der Waals surface area contributed by atoms with E-state index >= 15 is 0 Å². The lowest BCUT2D eigenvalue weighted by atomic mass is 9.75. The molecular weight excluding hydrogens is 248 g/mol. The molecule has 1 saturated carbocycles.